The molecule has 0 saturated heterocycles. The topological polar surface area (TPSA) is 52.8 Å². The van der Waals surface area contributed by atoms with E-state index in [0.29, 0.717) is 0 Å². The summed E-state index contributed by atoms with van der Waals surface area (Å²) < 4.78 is 0. The highest BCUT2D eigenvalue weighted by molar-refractivity contribution is 5.15. The van der Waals surface area contributed by atoms with E-state index in [2.05, 4.69) is 20.6 Å². The number of aromatic nitrogens is 4. The average molecular weight is 203 g/mol. The van der Waals surface area contributed by atoms with Crippen molar-refractivity contribution >= 4 is 0 Å². The van der Waals surface area contributed by atoms with Crippen molar-refractivity contribution in [3.05, 3.63) is 5.82 Å². The number of tetrazole rings is 1. The van der Waals surface area contributed by atoms with Gasteiger partial charge in [0.2, 0.25) is 0 Å². The molecule has 0 N–H and O–H groups in total. The molecule has 1 aromatic heterocycles. The second-order valence-corrected chi connectivity index (χ2v) is 5.90. The molecule has 0 atom stereocenters. The van der Waals surface area contributed by atoms with E-state index in [1.807, 2.05) is 0 Å². The summed E-state index contributed by atoms with van der Waals surface area (Å²) in [6.07, 6.45) is 8.27. The molecule has 4 nitrogen and oxygen atoms in total. The molecule has 4 aliphatic rings. The summed E-state index contributed by atoms with van der Waals surface area (Å²) in [5.74, 6) is 3.76. The third-order valence-electron chi connectivity index (χ3n) is 4.83. The lowest BCUT2D eigenvalue weighted by molar-refractivity contribution is -0.00959. The summed E-state index contributed by atoms with van der Waals surface area (Å²) in [7, 11) is 0. The fraction of sp³-hybridized carbons (Fsp3) is 0.909. The van der Waals surface area contributed by atoms with Gasteiger partial charge in [0.1, 0.15) is 0 Å². The van der Waals surface area contributed by atoms with Crippen LogP contribution in [0.5, 0.6) is 0 Å². The van der Waals surface area contributed by atoms with Crippen LogP contribution in [0.3, 0.4) is 0 Å². The largest absolute Gasteiger partial charge is 0.335 e. The van der Waals surface area contributed by atoms with Crippen molar-refractivity contribution in [2.75, 3.05) is 0 Å². The van der Waals surface area contributed by atoms with Gasteiger partial charge in [-0.25, -0.2) is 0 Å². The Labute approximate surface area is 88.8 Å². The van der Waals surface area contributed by atoms with Gasteiger partial charge in [0.15, 0.2) is 0 Å². The zero-order valence-corrected chi connectivity index (χ0v) is 8.76. The van der Waals surface area contributed by atoms with Gasteiger partial charge in [-0.3, -0.25) is 10.3 Å². The predicted octanol–water partition coefficient (Wildman–Crippen LogP) is 1.30. The first-order valence-corrected chi connectivity index (χ1v) is 6.03. The molecule has 80 valence electrons. The molecular formula is C11H15N4-. The lowest BCUT2D eigenvalue weighted by atomic mass is 9.49. The van der Waals surface area contributed by atoms with E-state index in [1.54, 1.807) is 0 Å². The SMILES string of the molecule is C1C2CC3CC1CC(c1nnn[n-]1)(C2)C3. The Morgan fingerprint density at radius 1 is 1.00 bits per heavy atom. The van der Waals surface area contributed by atoms with Crippen LogP contribution < -0.4 is 5.10 Å². The summed E-state index contributed by atoms with van der Waals surface area (Å²) in [5.41, 5.74) is 0.276. The van der Waals surface area contributed by atoms with Crippen molar-refractivity contribution in [1.82, 2.24) is 20.6 Å². The maximum Gasteiger partial charge on any atom is 0.0161 e. The van der Waals surface area contributed by atoms with Crippen LogP contribution >= 0.6 is 0 Å². The quantitative estimate of drug-likeness (QED) is 0.690. The molecule has 15 heavy (non-hydrogen) atoms. The minimum absolute atomic E-state index is 0.276. The highest BCUT2D eigenvalue weighted by Gasteiger charge is 2.51. The Bertz CT molecular complexity index is 335. The molecule has 0 unspecified atom stereocenters. The van der Waals surface area contributed by atoms with E-state index < -0.39 is 0 Å². The van der Waals surface area contributed by atoms with Gasteiger partial charge in [0.05, 0.1) is 0 Å². The fourth-order valence-corrected chi connectivity index (χ4v) is 4.74. The van der Waals surface area contributed by atoms with E-state index in [9.17, 15) is 0 Å². The number of hydrogen-bond acceptors (Lipinski definition) is 3. The van der Waals surface area contributed by atoms with Gasteiger partial charge in [-0.2, -0.15) is 5.21 Å². The van der Waals surface area contributed by atoms with Gasteiger partial charge in [-0.1, -0.05) is 0 Å². The van der Waals surface area contributed by atoms with Crippen molar-refractivity contribution < 1.29 is 0 Å². The van der Waals surface area contributed by atoms with Crippen LogP contribution in [0.1, 0.15) is 44.3 Å². The van der Waals surface area contributed by atoms with Crippen LogP contribution in [0.4, 0.5) is 0 Å². The zero-order valence-electron chi connectivity index (χ0n) is 8.76. The van der Waals surface area contributed by atoms with Crippen molar-refractivity contribution in [2.45, 2.75) is 43.9 Å². The van der Waals surface area contributed by atoms with E-state index in [-0.39, 0.29) is 5.41 Å². The Morgan fingerprint density at radius 3 is 2.07 bits per heavy atom. The molecule has 0 aromatic carbocycles. The molecule has 4 bridgehead atoms. The van der Waals surface area contributed by atoms with Crippen molar-refractivity contribution in [3.63, 3.8) is 0 Å². The van der Waals surface area contributed by atoms with Crippen molar-refractivity contribution in [3.8, 4) is 0 Å². The minimum atomic E-state index is 0.276. The Balaban J connectivity index is 1.77. The van der Waals surface area contributed by atoms with Gasteiger partial charge >= 0.3 is 0 Å². The second kappa shape index (κ2) is 2.60. The normalized spacial score (nSPS) is 47.3. The third kappa shape index (κ3) is 1.05. The molecule has 0 spiro atoms. The molecule has 1 heterocycles. The first-order chi connectivity index (χ1) is 7.34. The predicted molar refractivity (Wildman–Crippen MR) is 53.0 cm³/mol. The first kappa shape index (κ1) is 8.25. The Kier molecular flexibility index (Phi) is 1.43. The van der Waals surface area contributed by atoms with Crippen LogP contribution in [0, 0.1) is 17.8 Å². The maximum atomic E-state index is 4.13. The van der Waals surface area contributed by atoms with Crippen LogP contribution in [-0.4, -0.2) is 15.5 Å². The smallest absolute Gasteiger partial charge is 0.0161 e. The van der Waals surface area contributed by atoms with E-state index in [1.165, 1.54) is 38.5 Å². The molecule has 4 saturated carbocycles. The molecule has 0 radical (unpaired) electrons. The monoisotopic (exact) mass is 203 g/mol. The van der Waals surface area contributed by atoms with Crippen molar-refractivity contribution in [2.24, 2.45) is 17.8 Å². The molecule has 4 heteroatoms. The molecule has 5 rings (SSSR count). The molecule has 0 amide bonds. The second-order valence-electron chi connectivity index (χ2n) is 5.90. The summed E-state index contributed by atoms with van der Waals surface area (Å²) in [6.45, 7) is 0. The minimum Gasteiger partial charge on any atom is -0.335 e. The van der Waals surface area contributed by atoms with Gasteiger partial charge < -0.3 is 5.10 Å². The van der Waals surface area contributed by atoms with Crippen LogP contribution in [0.2, 0.25) is 0 Å². The van der Waals surface area contributed by atoms with Gasteiger partial charge in [-0.15, -0.1) is 0 Å². The molecule has 1 aromatic rings. The van der Waals surface area contributed by atoms with E-state index in [4.69, 9.17) is 0 Å². The summed E-state index contributed by atoms with van der Waals surface area (Å²) in [4.78, 5) is 0. The Morgan fingerprint density at radius 2 is 1.60 bits per heavy atom. The highest BCUT2D eigenvalue weighted by Crippen LogP contribution is 2.59. The summed E-state index contributed by atoms with van der Waals surface area (Å²) >= 11 is 0. The fourth-order valence-electron chi connectivity index (χ4n) is 4.74. The molecule has 4 aliphatic carbocycles. The van der Waals surface area contributed by atoms with Gasteiger partial charge in [0, 0.05) is 11.2 Å². The zero-order chi connectivity index (χ0) is 9.88. The van der Waals surface area contributed by atoms with E-state index >= 15 is 0 Å². The lowest BCUT2D eigenvalue weighted by Crippen LogP contribution is -2.49. The lowest BCUT2D eigenvalue weighted by Gasteiger charge is -2.57. The highest BCUT2D eigenvalue weighted by atomic mass is 15.5. The summed E-state index contributed by atoms with van der Waals surface area (Å²) in [5, 5.41) is 15.6. The van der Waals surface area contributed by atoms with Crippen LogP contribution in [0.15, 0.2) is 0 Å². The molecular weight excluding hydrogens is 188 g/mol. The van der Waals surface area contributed by atoms with Crippen molar-refractivity contribution in [1.29, 1.82) is 0 Å². The third-order valence-corrected chi connectivity index (χ3v) is 4.83. The number of nitrogens with zero attached hydrogens (tertiary/aromatic N) is 4. The van der Waals surface area contributed by atoms with E-state index in [0.717, 1.165) is 23.6 Å². The average Bonchev–Trinajstić information content (AvgIpc) is 2.67. The van der Waals surface area contributed by atoms with Crippen LogP contribution in [0.25, 0.3) is 0 Å². The maximum absolute atomic E-state index is 4.13. The summed E-state index contributed by atoms with van der Waals surface area (Å²) in [6, 6.07) is 0. The Hall–Kier alpha value is -0.930. The number of rotatable bonds is 1. The molecule has 4 fully saturated rings. The van der Waals surface area contributed by atoms with Crippen LogP contribution in [-0.2, 0) is 5.41 Å². The number of hydrogen-bond donors (Lipinski definition) is 0. The molecule has 0 aliphatic heterocycles. The first-order valence-electron chi connectivity index (χ1n) is 6.03. The van der Waals surface area contributed by atoms with Gasteiger partial charge in [0.25, 0.3) is 0 Å². The van der Waals surface area contributed by atoms with Gasteiger partial charge in [-0.05, 0) is 56.3 Å². The standard InChI is InChI=1S/C11H15N4/c1-7-2-9-3-8(1)5-11(4-7,6-9)10-12-14-15-13-10/h7-9H,1-6H2/q-1.